The van der Waals surface area contributed by atoms with Gasteiger partial charge in [-0.15, -0.1) is 0 Å². The maximum Gasteiger partial charge on any atom is 0.255 e. The summed E-state index contributed by atoms with van der Waals surface area (Å²) in [4.78, 5) is 16.5. The van der Waals surface area contributed by atoms with Crippen molar-refractivity contribution in [3.05, 3.63) is 84.2 Å². The van der Waals surface area contributed by atoms with Gasteiger partial charge in [0, 0.05) is 11.8 Å². The van der Waals surface area contributed by atoms with E-state index in [1.807, 2.05) is 36.4 Å². The van der Waals surface area contributed by atoms with E-state index in [1.54, 1.807) is 18.5 Å². The minimum absolute atomic E-state index is 0.133. The molecule has 0 aliphatic rings. The number of amides is 1. The van der Waals surface area contributed by atoms with E-state index in [0.717, 1.165) is 5.56 Å². The van der Waals surface area contributed by atoms with E-state index in [4.69, 9.17) is 0 Å². The zero-order valence-corrected chi connectivity index (χ0v) is 13.9. The fourth-order valence-corrected chi connectivity index (χ4v) is 2.73. The van der Waals surface area contributed by atoms with Crippen LogP contribution in [0.3, 0.4) is 0 Å². The van der Waals surface area contributed by atoms with Crippen molar-refractivity contribution in [3.63, 3.8) is 0 Å². The van der Waals surface area contributed by atoms with Crippen LogP contribution in [0.1, 0.15) is 35.7 Å². The number of anilines is 1. The van der Waals surface area contributed by atoms with Gasteiger partial charge >= 0.3 is 0 Å². The van der Waals surface area contributed by atoms with Gasteiger partial charge < -0.3 is 5.32 Å². The Morgan fingerprint density at radius 2 is 1.83 bits per heavy atom. The molecule has 0 aliphatic heterocycles. The Bertz CT molecular complexity index is 841. The van der Waals surface area contributed by atoms with Crippen molar-refractivity contribution in [1.82, 2.24) is 4.98 Å². The lowest BCUT2D eigenvalue weighted by Gasteiger charge is -2.13. The van der Waals surface area contributed by atoms with Crippen molar-refractivity contribution in [1.29, 1.82) is 0 Å². The molecule has 0 aliphatic carbocycles. The molecular weight excluding hydrogens is 296 g/mol. The van der Waals surface area contributed by atoms with E-state index in [0.29, 0.717) is 17.2 Å². The van der Waals surface area contributed by atoms with E-state index in [-0.39, 0.29) is 5.91 Å². The summed E-state index contributed by atoms with van der Waals surface area (Å²) in [7, 11) is 0. The van der Waals surface area contributed by atoms with Crippen LogP contribution >= 0.6 is 0 Å². The third-order valence-electron chi connectivity index (χ3n) is 3.94. The van der Waals surface area contributed by atoms with Crippen LogP contribution in [0.2, 0.25) is 0 Å². The number of carbonyl (C=O) groups is 1. The second-order valence-electron chi connectivity index (χ2n) is 6.02. The smallest absolute Gasteiger partial charge is 0.255 e. The van der Waals surface area contributed by atoms with E-state index in [9.17, 15) is 4.79 Å². The third-order valence-corrected chi connectivity index (χ3v) is 3.94. The molecular formula is C21H20N2O. The van der Waals surface area contributed by atoms with Gasteiger partial charge in [-0.2, -0.15) is 0 Å². The molecule has 0 atom stereocenters. The average molecular weight is 316 g/mol. The van der Waals surface area contributed by atoms with Crippen LogP contribution in [0.5, 0.6) is 0 Å². The second-order valence-corrected chi connectivity index (χ2v) is 6.02. The van der Waals surface area contributed by atoms with Gasteiger partial charge in [0.1, 0.15) is 0 Å². The number of pyridine rings is 1. The minimum atomic E-state index is -0.133. The molecule has 3 heteroatoms. The molecule has 0 bridgehead atoms. The number of aromatic nitrogens is 1. The van der Waals surface area contributed by atoms with Crippen LogP contribution < -0.4 is 5.32 Å². The van der Waals surface area contributed by atoms with Crippen molar-refractivity contribution in [2.75, 3.05) is 5.32 Å². The molecule has 3 aromatic rings. The first kappa shape index (κ1) is 15.9. The molecule has 0 saturated heterocycles. The largest absolute Gasteiger partial charge is 0.321 e. The first-order valence-electron chi connectivity index (χ1n) is 8.06. The SMILES string of the molecule is CC(C)c1ccccc1-c1cccc(C(=O)Nc2cccnc2)c1. The van der Waals surface area contributed by atoms with Gasteiger partial charge in [0.15, 0.2) is 0 Å². The fourth-order valence-electron chi connectivity index (χ4n) is 2.73. The maximum absolute atomic E-state index is 12.5. The molecule has 3 nitrogen and oxygen atoms in total. The number of benzene rings is 2. The van der Waals surface area contributed by atoms with Gasteiger partial charge in [-0.1, -0.05) is 50.2 Å². The van der Waals surface area contributed by atoms with Gasteiger partial charge in [0.2, 0.25) is 0 Å². The predicted octanol–water partition coefficient (Wildman–Crippen LogP) is 5.12. The lowest BCUT2D eigenvalue weighted by Crippen LogP contribution is -2.12. The Morgan fingerprint density at radius 3 is 2.58 bits per heavy atom. The molecule has 0 spiro atoms. The zero-order valence-electron chi connectivity index (χ0n) is 13.9. The third kappa shape index (κ3) is 3.51. The van der Waals surface area contributed by atoms with Crippen molar-refractivity contribution < 1.29 is 4.79 Å². The first-order chi connectivity index (χ1) is 11.6. The summed E-state index contributed by atoms with van der Waals surface area (Å²) in [6, 6.07) is 19.7. The number of rotatable bonds is 4. The molecule has 24 heavy (non-hydrogen) atoms. The van der Waals surface area contributed by atoms with Gasteiger partial charge in [-0.05, 0) is 46.9 Å². The van der Waals surface area contributed by atoms with Crippen molar-refractivity contribution >= 4 is 11.6 Å². The highest BCUT2D eigenvalue weighted by Crippen LogP contribution is 2.29. The molecule has 0 unspecified atom stereocenters. The summed E-state index contributed by atoms with van der Waals surface area (Å²) in [6.07, 6.45) is 3.31. The van der Waals surface area contributed by atoms with Crippen LogP contribution in [-0.2, 0) is 0 Å². The Hall–Kier alpha value is -2.94. The Labute approximate surface area is 142 Å². The van der Waals surface area contributed by atoms with Crippen molar-refractivity contribution in [2.24, 2.45) is 0 Å². The number of carbonyl (C=O) groups excluding carboxylic acids is 1. The molecule has 1 N–H and O–H groups in total. The van der Waals surface area contributed by atoms with Crippen LogP contribution in [0.4, 0.5) is 5.69 Å². The Balaban J connectivity index is 1.91. The fraction of sp³-hybridized carbons (Fsp3) is 0.143. The number of nitrogens with zero attached hydrogens (tertiary/aromatic N) is 1. The van der Waals surface area contributed by atoms with E-state index in [1.165, 1.54) is 11.1 Å². The topological polar surface area (TPSA) is 42.0 Å². The number of hydrogen-bond donors (Lipinski definition) is 1. The van der Waals surface area contributed by atoms with E-state index >= 15 is 0 Å². The molecule has 1 heterocycles. The molecule has 0 radical (unpaired) electrons. The van der Waals surface area contributed by atoms with Crippen molar-refractivity contribution in [2.45, 2.75) is 19.8 Å². The Kier molecular flexibility index (Phi) is 4.71. The highest BCUT2D eigenvalue weighted by Gasteiger charge is 2.11. The van der Waals surface area contributed by atoms with Gasteiger partial charge in [-0.25, -0.2) is 0 Å². The van der Waals surface area contributed by atoms with Crippen LogP contribution in [0.25, 0.3) is 11.1 Å². The van der Waals surface area contributed by atoms with Gasteiger partial charge in [-0.3, -0.25) is 9.78 Å². The summed E-state index contributed by atoms with van der Waals surface area (Å²) in [5, 5.41) is 2.87. The highest BCUT2D eigenvalue weighted by atomic mass is 16.1. The standard InChI is InChI=1S/C21H20N2O/c1-15(2)19-10-3-4-11-20(19)16-7-5-8-17(13-16)21(24)23-18-9-6-12-22-14-18/h3-15H,1-2H3,(H,23,24). The summed E-state index contributed by atoms with van der Waals surface area (Å²) < 4.78 is 0. The monoisotopic (exact) mass is 316 g/mol. The summed E-state index contributed by atoms with van der Waals surface area (Å²) in [5.74, 6) is 0.293. The normalized spacial score (nSPS) is 10.6. The van der Waals surface area contributed by atoms with Crippen molar-refractivity contribution in [3.8, 4) is 11.1 Å². The lowest BCUT2D eigenvalue weighted by molar-refractivity contribution is 0.102. The molecule has 1 aromatic heterocycles. The molecule has 1 amide bonds. The zero-order chi connectivity index (χ0) is 16.9. The van der Waals surface area contributed by atoms with Gasteiger partial charge in [0.25, 0.3) is 5.91 Å². The number of hydrogen-bond acceptors (Lipinski definition) is 2. The van der Waals surface area contributed by atoms with Gasteiger partial charge in [0.05, 0.1) is 11.9 Å². The van der Waals surface area contributed by atoms with E-state index < -0.39 is 0 Å². The first-order valence-corrected chi connectivity index (χ1v) is 8.06. The molecule has 0 fully saturated rings. The highest BCUT2D eigenvalue weighted by molar-refractivity contribution is 6.04. The average Bonchev–Trinajstić information content (AvgIpc) is 2.62. The summed E-state index contributed by atoms with van der Waals surface area (Å²) in [5.41, 5.74) is 4.83. The maximum atomic E-state index is 12.5. The Morgan fingerprint density at radius 1 is 1.00 bits per heavy atom. The molecule has 120 valence electrons. The minimum Gasteiger partial charge on any atom is -0.321 e. The second kappa shape index (κ2) is 7.09. The van der Waals surface area contributed by atoms with E-state index in [2.05, 4.69) is 42.3 Å². The predicted molar refractivity (Wildman–Crippen MR) is 98.2 cm³/mol. The van der Waals surface area contributed by atoms with Crippen LogP contribution in [0, 0.1) is 0 Å². The summed E-state index contributed by atoms with van der Waals surface area (Å²) in [6.45, 7) is 4.36. The van der Waals surface area contributed by atoms with Crippen LogP contribution in [0.15, 0.2) is 73.1 Å². The van der Waals surface area contributed by atoms with Crippen LogP contribution in [-0.4, -0.2) is 10.9 Å². The molecule has 3 rings (SSSR count). The quantitative estimate of drug-likeness (QED) is 0.725. The number of nitrogens with one attached hydrogen (secondary N) is 1. The lowest BCUT2D eigenvalue weighted by atomic mass is 9.92. The molecule has 2 aromatic carbocycles. The summed E-state index contributed by atoms with van der Waals surface area (Å²) >= 11 is 0. The molecule has 0 saturated carbocycles.